The van der Waals surface area contributed by atoms with E-state index >= 15 is 0 Å². The fourth-order valence-electron chi connectivity index (χ4n) is 2.80. The summed E-state index contributed by atoms with van der Waals surface area (Å²) >= 11 is 0. The summed E-state index contributed by atoms with van der Waals surface area (Å²) in [6, 6.07) is -0.114. The third-order valence-corrected chi connectivity index (χ3v) is 4.29. The molecule has 1 aromatic rings. The van der Waals surface area contributed by atoms with Crippen molar-refractivity contribution in [1.29, 1.82) is 0 Å². The van der Waals surface area contributed by atoms with Gasteiger partial charge in [0.05, 0.1) is 6.61 Å². The van der Waals surface area contributed by atoms with Crippen LogP contribution in [0.25, 0.3) is 0 Å². The lowest BCUT2D eigenvalue weighted by Gasteiger charge is -2.21. The van der Waals surface area contributed by atoms with Crippen molar-refractivity contribution < 1.29 is 18.8 Å². The molecule has 0 radical (unpaired) electrons. The summed E-state index contributed by atoms with van der Waals surface area (Å²) in [5.74, 6) is 1.94. The monoisotopic (exact) mass is 323 g/mol. The molecular weight excluding hydrogens is 298 g/mol. The van der Waals surface area contributed by atoms with Crippen molar-refractivity contribution in [3.63, 3.8) is 0 Å². The van der Waals surface area contributed by atoms with Crippen LogP contribution in [0.15, 0.2) is 4.52 Å². The highest BCUT2D eigenvalue weighted by atomic mass is 16.5. The quantitative estimate of drug-likeness (QED) is 0.644. The largest absolute Gasteiger partial charge is 0.381 e. The van der Waals surface area contributed by atoms with E-state index in [1.54, 1.807) is 4.90 Å². The number of carbonyl (C=O) groups excluding carboxylic acids is 1. The molecule has 0 aromatic carbocycles. The summed E-state index contributed by atoms with van der Waals surface area (Å²) in [5, 5.41) is 4.01. The van der Waals surface area contributed by atoms with Gasteiger partial charge >= 0.3 is 0 Å². The molecule has 1 unspecified atom stereocenters. The Labute approximate surface area is 136 Å². The molecule has 7 heteroatoms. The molecule has 7 nitrogen and oxygen atoms in total. The van der Waals surface area contributed by atoms with Crippen LogP contribution in [-0.2, 0) is 20.7 Å². The van der Waals surface area contributed by atoms with Gasteiger partial charge in [0, 0.05) is 26.2 Å². The first-order chi connectivity index (χ1) is 11.3. The third-order valence-electron chi connectivity index (χ3n) is 4.29. The van der Waals surface area contributed by atoms with Crippen LogP contribution in [0.1, 0.15) is 50.4 Å². The van der Waals surface area contributed by atoms with Gasteiger partial charge in [-0.2, -0.15) is 4.98 Å². The molecular formula is C16H25N3O4. The van der Waals surface area contributed by atoms with Gasteiger partial charge in [-0.1, -0.05) is 5.16 Å². The lowest BCUT2D eigenvalue weighted by atomic mass is 10.2. The first kappa shape index (κ1) is 16.4. The van der Waals surface area contributed by atoms with E-state index in [4.69, 9.17) is 14.0 Å². The van der Waals surface area contributed by atoms with Crippen molar-refractivity contribution in [2.45, 2.75) is 45.1 Å². The second kappa shape index (κ2) is 7.88. The van der Waals surface area contributed by atoms with E-state index in [-0.39, 0.29) is 18.6 Å². The van der Waals surface area contributed by atoms with Crippen LogP contribution in [-0.4, -0.2) is 53.9 Å². The van der Waals surface area contributed by atoms with E-state index in [1.165, 1.54) is 12.8 Å². The average Bonchev–Trinajstić information content (AvgIpc) is 3.06. The molecule has 1 aliphatic carbocycles. The van der Waals surface area contributed by atoms with Gasteiger partial charge < -0.3 is 18.9 Å². The molecule has 2 aliphatic rings. The predicted molar refractivity (Wildman–Crippen MR) is 81.7 cm³/mol. The van der Waals surface area contributed by atoms with Crippen LogP contribution < -0.4 is 0 Å². The summed E-state index contributed by atoms with van der Waals surface area (Å²) in [4.78, 5) is 18.4. The van der Waals surface area contributed by atoms with Crippen molar-refractivity contribution in [2.24, 2.45) is 5.92 Å². The van der Waals surface area contributed by atoms with E-state index in [1.807, 2.05) is 6.92 Å². The summed E-state index contributed by atoms with van der Waals surface area (Å²) in [7, 11) is 0. The molecule has 0 N–H and O–H groups in total. The highest BCUT2D eigenvalue weighted by Crippen LogP contribution is 2.31. The Hall–Kier alpha value is -1.47. The number of nitrogens with zero attached hydrogens (tertiary/aromatic N) is 3. The highest BCUT2D eigenvalue weighted by Gasteiger charge is 2.33. The van der Waals surface area contributed by atoms with Gasteiger partial charge in [0.15, 0.2) is 5.82 Å². The molecule has 23 heavy (non-hydrogen) atoms. The molecule has 0 bridgehead atoms. The summed E-state index contributed by atoms with van der Waals surface area (Å²) in [6.07, 6.45) is 5.04. The lowest BCUT2D eigenvalue weighted by Crippen LogP contribution is -2.33. The fraction of sp³-hybridized carbons (Fsp3) is 0.812. The fourth-order valence-corrected chi connectivity index (χ4v) is 2.80. The van der Waals surface area contributed by atoms with Gasteiger partial charge in [0.1, 0.15) is 12.6 Å². The van der Waals surface area contributed by atoms with E-state index < -0.39 is 0 Å². The number of likely N-dealkylation sites (tertiary alicyclic amines) is 1. The Morgan fingerprint density at radius 1 is 1.35 bits per heavy atom. The molecule has 1 atom stereocenters. The second-order valence-electron chi connectivity index (χ2n) is 6.20. The molecule has 3 rings (SSSR count). The summed E-state index contributed by atoms with van der Waals surface area (Å²) in [6.45, 7) is 4.71. The Balaban J connectivity index is 1.50. The Kier molecular flexibility index (Phi) is 5.61. The smallest absolute Gasteiger partial charge is 0.249 e. The number of hydrogen-bond acceptors (Lipinski definition) is 6. The molecule has 0 spiro atoms. The number of rotatable bonds is 9. The maximum absolute atomic E-state index is 12.2. The molecule has 1 amide bonds. The van der Waals surface area contributed by atoms with Crippen LogP contribution in [0.4, 0.5) is 0 Å². The first-order valence-corrected chi connectivity index (χ1v) is 8.55. The number of hydrogen-bond donors (Lipinski definition) is 0. The van der Waals surface area contributed by atoms with Gasteiger partial charge in [-0.25, -0.2) is 0 Å². The number of amides is 1. The molecule has 1 saturated heterocycles. The molecule has 1 aromatic heterocycles. The van der Waals surface area contributed by atoms with Gasteiger partial charge in [0.2, 0.25) is 11.8 Å². The lowest BCUT2D eigenvalue weighted by molar-refractivity contribution is -0.137. The average molecular weight is 323 g/mol. The van der Waals surface area contributed by atoms with Crippen LogP contribution >= 0.6 is 0 Å². The van der Waals surface area contributed by atoms with E-state index in [0.29, 0.717) is 31.3 Å². The van der Waals surface area contributed by atoms with Crippen molar-refractivity contribution in [3.8, 4) is 0 Å². The zero-order chi connectivity index (χ0) is 16.1. The van der Waals surface area contributed by atoms with Crippen molar-refractivity contribution >= 4 is 5.91 Å². The number of ether oxygens (including phenoxy) is 2. The van der Waals surface area contributed by atoms with Crippen molar-refractivity contribution in [2.75, 3.05) is 33.0 Å². The van der Waals surface area contributed by atoms with Crippen LogP contribution in [0.5, 0.6) is 0 Å². The maximum Gasteiger partial charge on any atom is 0.249 e. The Bertz CT molecular complexity index is 515. The molecule has 2 heterocycles. The zero-order valence-electron chi connectivity index (χ0n) is 13.7. The Morgan fingerprint density at radius 3 is 3.00 bits per heavy atom. The Morgan fingerprint density at radius 2 is 2.22 bits per heavy atom. The van der Waals surface area contributed by atoms with Crippen molar-refractivity contribution in [1.82, 2.24) is 15.0 Å². The van der Waals surface area contributed by atoms with Gasteiger partial charge in [-0.3, -0.25) is 4.79 Å². The number of aromatic nitrogens is 2. The molecule has 128 valence electrons. The minimum atomic E-state index is -0.114. The van der Waals surface area contributed by atoms with Crippen LogP contribution in [0, 0.1) is 5.92 Å². The first-order valence-electron chi connectivity index (χ1n) is 8.55. The van der Waals surface area contributed by atoms with E-state index in [0.717, 1.165) is 31.9 Å². The predicted octanol–water partition coefficient (Wildman–Crippen LogP) is 1.74. The summed E-state index contributed by atoms with van der Waals surface area (Å²) in [5.41, 5.74) is 0. The third kappa shape index (κ3) is 4.51. The number of carbonyl (C=O) groups is 1. The molecule has 2 fully saturated rings. The van der Waals surface area contributed by atoms with Crippen LogP contribution in [0.2, 0.25) is 0 Å². The SMILES string of the molecule is CCOCC(=O)N1CCCC1c1nc(CCOCC2CC2)no1. The molecule has 1 saturated carbocycles. The second-order valence-corrected chi connectivity index (χ2v) is 6.20. The normalized spacial score (nSPS) is 21.1. The van der Waals surface area contributed by atoms with Crippen LogP contribution in [0.3, 0.4) is 0 Å². The minimum Gasteiger partial charge on any atom is -0.381 e. The highest BCUT2D eigenvalue weighted by molar-refractivity contribution is 5.78. The van der Waals surface area contributed by atoms with E-state index in [9.17, 15) is 4.79 Å². The van der Waals surface area contributed by atoms with Gasteiger partial charge in [-0.05, 0) is 38.5 Å². The zero-order valence-corrected chi connectivity index (χ0v) is 13.7. The van der Waals surface area contributed by atoms with E-state index in [2.05, 4.69) is 10.1 Å². The van der Waals surface area contributed by atoms with Crippen molar-refractivity contribution in [3.05, 3.63) is 11.7 Å². The standard InChI is InChI=1S/C16H25N3O4/c1-2-21-11-15(20)19-8-3-4-13(19)16-17-14(18-23-16)7-9-22-10-12-5-6-12/h12-13H,2-11H2,1H3. The topological polar surface area (TPSA) is 77.7 Å². The van der Waals surface area contributed by atoms with Gasteiger partial charge in [-0.15, -0.1) is 0 Å². The summed E-state index contributed by atoms with van der Waals surface area (Å²) < 4.78 is 16.2. The maximum atomic E-state index is 12.2. The minimum absolute atomic E-state index is 0.0122. The van der Waals surface area contributed by atoms with Gasteiger partial charge in [0.25, 0.3) is 0 Å². The molecule has 1 aliphatic heterocycles.